The number of amides is 2. The van der Waals surface area contributed by atoms with Crippen LogP contribution in [0.5, 0.6) is 11.8 Å². The van der Waals surface area contributed by atoms with Crippen molar-refractivity contribution < 1.29 is 32.2 Å². The Kier molecular flexibility index (Phi) is 6.34. The van der Waals surface area contributed by atoms with Gasteiger partial charge in [0.25, 0.3) is 10.0 Å². The van der Waals surface area contributed by atoms with E-state index < -0.39 is 21.8 Å². The summed E-state index contributed by atoms with van der Waals surface area (Å²) in [6, 6.07) is 4.79. The van der Waals surface area contributed by atoms with E-state index in [1.807, 2.05) is 4.72 Å². The fraction of sp³-hybridized carbons (Fsp3) is 0.412. The third kappa shape index (κ3) is 5.31. The maximum Gasteiger partial charge on any atom is 0.335 e. The maximum absolute atomic E-state index is 12.7. The van der Waals surface area contributed by atoms with Crippen LogP contribution >= 0.6 is 0 Å². The van der Waals surface area contributed by atoms with Gasteiger partial charge in [-0.05, 0) is 26.0 Å². The van der Waals surface area contributed by atoms with Crippen LogP contribution < -0.4 is 19.5 Å². The van der Waals surface area contributed by atoms with E-state index in [0.717, 1.165) is 0 Å². The number of para-hydroxylation sites is 1. The molecule has 2 N–H and O–H groups in total. The molecule has 1 aromatic carbocycles. The van der Waals surface area contributed by atoms with Crippen molar-refractivity contribution in [1.29, 1.82) is 0 Å². The van der Waals surface area contributed by atoms with E-state index in [4.69, 9.17) is 18.9 Å². The molecule has 1 aliphatic rings. The number of nitrogens with one attached hydrogen (secondary N) is 2. The Morgan fingerprint density at radius 2 is 1.90 bits per heavy atom. The Morgan fingerprint density at radius 3 is 2.60 bits per heavy atom. The Balaban J connectivity index is 1.72. The van der Waals surface area contributed by atoms with Gasteiger partial charge < -0.3 is 18.9 Å². The van der Waals surface area contributed by atoms with Crippen LogP contribution in [0.15, 0.2) is 29.2 Å². The second kappa shape index (κ2) is 8.77. The molecule has 3 rings (SSSR count). The normalized spacial score (nSPS) is 15.4. The minimum absolute atomic E-state index is 0.0238. The molecular formula is C17H21N5O7S. The highest BCUT2D eigenvalue weighted by atomic mass is 32.2. The molecule has 0 spiro atoms. The van der Waals surface area contributed by atoms with Crippen LogP contribution in [0.25, 0.3) is 0 Å². The van der Waals surface area contributed by atoms with Crippen molar-refractivity contribution in [2.75, 3.05) is 32.2 Å². The number of benzene rings is 1. The zero-order valence-electron chi connectivity index (χ0n) is 16.5. The summed E-state index contributed by atoms with van der Waals surface area (Å²) in [6.45, 7) is 4.06. The zero-order chi connectivity index (χ0) is 21.8. The molecule has 12 nitrogen and oxygen atoms in total. The summed E-state index contributed by atoms with van der Waals surface area (Å²) in [5.41, 5.74) is 0. The zero-order valence-corrected chi connectivity index (χ0v) is 17.4. The molecule has 0 aliphatic carbocycles. The molecule has 0 radical (unpaired) electrons. The number of ether oxygens (including phenoxy) is 4. The van der Waals surface area contributed by atoms with Crippen LogP contribution in [0, 0.1) is 6.92 Å². The molecule has 1 saturated heterocycles. The van der Waals surface area contributed by atoms with Crippen LogP contribution in [0.4, 0.5) is 10.7 Å². The summed E-state index contributed by atoms with van der Waals surface area (Å²) < 4.78 is 48.7. The minimum Gasteiger partial charge on any atom is -0.487 e. The van der Waals surface area contributed by atoms with Gasteiger partial charge in [0, 0.05) is 0 Å². The first kappa shape index (κ1) is 21.7. The molecule has 1 aromatic heterocycles. The monoisotopic (exact) mass is 439 g/mol. The first-order valence-electron chi connectivity index (χ1n) is 8.81. The lowest BCUT2D eigenvalue weighted by molar-refractivity contribution is -0.162. The number of carbonyl (C=O) groups is 1. The van der Waals surface area contributed by atoms with Crippen molar-refractivity contribution in [2.45, 2.75) is 24.5 Å². The highest BCUT2D eigenvalue weighted by molar-refractivity contribution is 7.90. The van der Waals surface area contributed by atoms with Crippen molar-refractivity contribution in [2.24, 2.45) is 0 Å². The molecule has 30 heavy (non-hydrogen) atoms. The number of urea groups is 1. The maximum atomic E-state index is 12.7. The number of rotatable bonds is 7. The predicted octanol–water partition coefficient (Wildman–Crippen LogP) is 0.841. The van der Waals surface area contributed by atoms with Gasteiger partial charge in [-0.25, -0.2) is 17.9 Å². The van der Waals surface area contributed by atoms with Gasteiger partial charge in [-0.2, -0.15) is 15.0 Å². The topological polar surface area (TPSA) is 151 Å². The van der Waals surface area contributed by atoms with E-state index in [1.165, 1.54) is 25.3 Å². The van der Waals surface area contributed by atoms with Crippen LogP contribution in [-0.2, 0) is 19.5 Å². The standard InChI is InChI=1S/C17H21N5O7S/c1-11-18-14(21-16(19-11)26-3)20-15(23)22-30(24,25)13-7-5-4-6-12(13)27-10-17(2)28-8-9-29-17/h4-7H,8-10H2,1-3H3,(H2,18,19,20,21,22,23). The number of hydrogen-bond donors (Lipinski definition) is 2. The molecule has 0 unspecified atom stereocenters. The van der Waals surface area contributed by atoms with Gasteiger partial charge in [-0.1, -0.05) is 12.1 Å². The molecule has 2 amide bonds. The Labute approximate surface area is 173 Å². The highest BCUT2D eigenvalue weighted by Crippen LogP contribution is 2.26. The number of methoxy groups -OCH3 is 1. The number of aryl methyl sites for hydroxylation is 1. The summed E-state index contributed by atoms with van der Waals surface area (Å²) in [5.74, 6) is -0.823. The molecule has 2 heterocycles. The molecule has 1 aliphatic heterocycles. The second-order valence-electron chi connectivity index (χ2n) is 6.32. The summed E-state index contributed by atoms with van der Waals surface area (Å²) in [5, 5.41) is 2.23. The molecular weight excluding hydrogens is 418 g/mol. The fourth-order valence-corrected chi connectivity index (χ4v) is 3.60. The lowest BCUT2D eigenvalue weighted by Crippen LogP contribution is -2.36. The lowest BCUT2D eigenvalue weighted by atomic mass is 10.3. The third-order valence-electron chi connectivity index (χ3n) is 3.89. The molecule has 2 aromatic rings. The van der Waals surface area contributed by atoms with Crippen LogP contribution in [0.1, 0.15) is 12.7 Å². The van der Waals surface area contributed by atoms with Gasteiger partial charge in [0.2, 0.25) is 5.95 Å². The number of anilines is 1. The van der Waals surface area contributed by atoms with E-state index in [9.17, 15) is 13.2 Å². The number of hydrogen-bond acceptors (Lipinski definition) is 10. The Bertz CT molecular complexity index is 1020. The van der Waals surface area contributed by atoms with Gasteiger partial charge in [-0.3, -0.25) is 5.32 Å². The quantitative estimate of drug-likeness (QED) is 0.635. The third-order valence-corrected chi connectivity index (χ3v) is 5.26. The van der Waals surface area contributed by atoms with Crippen molar-refractivity contribution in [3.05, 3.63) is 30.1 Å². The Morgan fingerprint density at radius 1 is 1.20 bits per heavy atom. The van der Waals surface area contributed by atoms with E-state index in [1.54, 1.807) is 19.9 Å². The molecule has 1 fully saturated rings. The van der Waals surface area contributed by atoms with E-state index >= 15 is 0 Å². The van der Waals surface area contributed by atoms with Gasteiger partial charge in [0.1, 0.15) is 23.1 Å². The molecule has 0 atom stereocenters. The van der Waals surface area contributed by atoms with Gasteiger partial charge in [-0.15, -0.1) is 0 Å². The number of nitrogens with zero attached hydrogens (tertiary/aromatic N) is 3. The number of aromatic nitrogens is 3. The number of carbonyl (C=O) groups excluding carboxylic acids is 1. The molecule has 0 bridgehead atoms. The summed E-state index contributed by atoms with van der Waals surface area (Å²) in [6.07, 6.45) is 0. The van der Waals surface area contributed by atoms with Crippen molar-refractivity contribution in [3.63, 3.8) is 0 Å². The van der Waals surface area contributed by atoms with Gasteiger partial charge >= 0.3 is 12.0 Å². The first-order valence-corrected chi connectivity index (χ1v) is 10.3. The van der Waals surface area contributed by atoms with Crippen LogP contribution in [0.2, 0.25) is 0 Å². The molecule has 162 valence electrons. The molecule has 13 heteroatoms. The average Bonchev–Trinajstić information content (AvgIpc) is 3.12. The minimum atomic E-state index is -4.27. The summed E-state index contributed by atoms with van der Waals surface area (Å²) in [4.78, 5) is 23.6. The summed E-state index contributed by atoms with van der Waals surface area (Å²) >= 11 is 0. The van der Waals surface area contributed by atoms with Crippen LogP contribution in [-0.4, -0.2) is 62.1 Å². The number of sulfonamides is 1. The van der Waals surface area contributed by atoms with Crippen LogP contribution in [0.3, 0.4) is 0 Å². The van der Waals surface area contributed by atoms with Crippen molar-refractivity contribution in [3.8, 4) is 11.8 Å². The van der Waals surface area contributed by atoms with Gasteiger partial charge in [0.05, 0.1) is 20.3 Å². The van der Waals surface area contributed by atoms with E-state index in [0.29, 0.717) is 13.2 Å². The summed E-state index contributed by atoms with van der Waals surface area (Å²) in [7, 11) is -2.92. The largest absolute Gasteiger partial charge is 0.487 e. The lowest BCUT2D eigenvalue weighted by Gasteiger charge is -2.23. The predicted molar refractivity (Wildman–Crippen MR) is 103 cm³/mol. The second-order valence-corrected chi connectivity index (χ2v) is 7.97. The SMILES string of the molecule is COc1nc(C)nc(NC(=O)NS(=O)(=O)c2ccccc2OCC2(C)OCCO2)n1. The van der Waals surface area contributed by atoms with Crippen molar-refractivity contribution >= 4 is 22.0 Å². The molecule has 0 saturated carbocycles. The van der Waals surface area contributed by atoms with Gasteiger partial charge in [0.15, 0.2) is 5.79 Å². The average molecular weight is 439 g/mol. The first-order chi connectivity index (χ1) is 14.2. The van der Waals surface area contributed by atoms with E-state index in [-0.39, 0.29) is 35.0 Å². The Hall–Kier alpha value is -3.03. The fourth-order valence-electron chi connectivity index (χ4n) is 2.55. The highest BCUT2D eigenvalue weighted by Gasteiger charge is 2.33. The van der Waals surface area contributed by atoms with E-state index in [2.05, 4.69) is 20.3 Å². The van der Waals surface area contributed by atoms with Crippen molar-refractivity contribution in [1.82, 2.24) is 19.7 Å². The smallest absolute Gasteiger partial charge is 0.335 e.